The molecule has 19 nitrogen and oxygen atoms in total. The summed E-state index contributed by atoms with van der Waals surface area (Å²) in [5, 5.41) is 31.0. The Labute approximate surface area is 414 Å². The van der Waals surface area contributed by atoms with Gasteiger partial charge in [-0.15, -0.1) is 0 Å². The highest BCUT2D eigenvalue weighted by Gasteiger charge is 2.46. The van der Waals surface area contributed by atoms with Crippen LogP contribution in [0.25, 0.3) is 0 Å². The summed E-state index contributed by atoms with van der Waals surface area (Å²) in [6, 6.07) is 1.24. The first-order valence-electron chi connectivity index (χ1n) is 24.8. The Kier molecular flexibility index (Phi) is 32.5. The van der Waals surface area contributed by atoms with Crippen LogP contribution in [0, 0.1) is 5.92 Å². The normalized spacial score (nSPS) is 20.3. The lowest BCUT2D eigenvalue weighted by Gasteiger charge is -2.21. The van der Waals surface area contributed by atoms with Crippen molar-refractivity contribution in [3.63, 3.8) is 0 Å². The maximum atomic E-state index is 12.8. The minimum Gasteiger partial charge on any atom is -0.462 e. The Balaban J connectivity index is 1.86. The minimum atomic E-state index is -5.45. The molecule has 2 heterocycles. The van der Waals surface area contributed by atoms with E-state index in [9.17, 15) is 48.6 Å². The fourth-order valence-electron chi connectivity index (χ4n) is 7.03. The molecule has 1 saturated heterocycles. The number of nitrogen functional groups attached to an aromatic ring is 1. The van der Waals surface area contributed by atoms with Crippen molar-refractivity contribution in [1.82, 2.24) is 9.55 Å². The van der Waals surface area contributed by atoms with Crippen LogP contribution in [0.15, 0.2) is 77.8 Å². The number of nitrogens with two attached hydrogens (primary N) is 1. The van der Waals surface area contributed by atoms with Crippen LogP contribution in [-0.4, -0.2) is 96.9 Å². The molecule has 0 amide bonds. The second kappa shape index (κ2) is 36.4. The number of phosphoric ester groups is 2. The third kappa shape index (κ3) is 29.7. The molecule has 3 unspecified atom stereocenters. The summed E-state index contributed by atoms with van der Waals surface area (Å²) in [4.78, 5) is 61.8. The Morgan fingerprint density at radius 2 is 1.41 bits per heavy atom. The van der Waals surface area contributed by atoms with Gasteiger partial charge in [0.05, 0.1) is 19.3 Å². The summed E-state index contributed by atoms with van der Waals surface area (Å²) in [7, 11) is -10.9. The lowest BCUT2D eigenvalue weighted by molar-refractivity contribution is -0.161. The van der Waals surface area contributed by atoms with Crippen LogP contribution in [0.2, 0.25) is 0 Å². The zero-order valence-corrected chi connectivity index (χ0v) is 43.1. The number of esters is 2. The van der Waals surface area contributed by atoms with Crippen molar-refractivity contribution in [3.8, 4) is 0 Å². The summed E-state index contributed by atoms with van der Waals surface area (Å²) in [6.45, 7) is 4.19. The standard InChI is InChI=1S/C49H81N3O16P2/c1-4-5-6-7-20-25-30-40(53)31-26-21-16-13-14-18-23-28-33-45(55)66-41(36-63-44(54)32-27-22-17-12-10-8-9-11-15-19-24-29-39(2)3)37-64-69(59,60)68-70(61,62)65-38-42-46(56)47(57)48(67-42)52-35-34-43(50)51-49(52)58/h5-6,14,16,18,20-21,25-26,31,34-35,39-42,46-48,53,56-57H,4,7-13,15,17,19,22-24,27-30,32-33,36-38H2,1-3H3,(H,59,60)(H,61,62)(H2,50,51,58)/b6-5-,18-14-,21-16-,25-20-,31-26+/t40?,41-,42-,46-,47-,48-/m1/s1. The van der Waals surface area contributed by atoms with Gasteiger partial charge in [-0.25, -0.2) is 13.9 Å². The average Bonchev–Trinajstić information content (AvgIpc) is 3.58. The third-order valence-electron chi connectivity index (χ3n) is 10.9. The van der Waals surface area contributed by atoms with Gasteiger partial charge in [-0.3, -0.25) is 23.2 Å². The first kappa shape index (κ1) is 62.5. The predicted molar refractivity (Wildman–Crippen MR) is 267 cm³/mol. The molecule has 8 atom stereocenters. The fraction of sp³-hybridized carbons (Fsp3) is 0.673. The van der Waals surface area contributed by atoms with Gasteiger partial charge in [0.1, 0.15) is 30.7 Å². The number of carbonyl (C=O) groups excluding carboxylic acids is 2. The number of aliphatic hydroxyl groups excluding tert-OH is 3. The summed E-state index contributed by atoms with van der Waals surface area (Å²) in [5.41, 5.74) is 4.57. The zero-order chi connectivity index (χ0) is 51.6. The van der Waals surface area contributed by atoms with Crippen molar-refractivity contribution in [2.45, 2.75) is 186 Å². The highest BCUT2D eigenvalue weighted by atomic mass is 31.3. The summed E-state index contributed by atoms with van der Waals surface area (Å²) < 4.78 is 56.6. The molecule has 2 rings (SSSR count). The van der Waals surface area contributed by atoms with Crippen LogP contribution >= 0.6 is 15.6 Å². The maximum absolute atomic E-state index is 12.8. The average molecular weight is 1030 g/mol. The number of carbonyl (C=O) groups is 2. The van der Waals surface area contributed by atoms with Gasteiger partial charge in [0.15, 0.2) is 12.3 Å². The Hall–Kier alpha value is -3.58. The van der Waals surface area contributed by atoms with Gasteiger partial charge in [0, 0.05) is 19.0 Å². The Bertz CT molecular complexity index is 1940. The molecule has 0 saturated carbocycles. The van der Waals surface area contributed by atoms with E-state index in [1.54, 1.807) is 12.2 Å². The summed E-state index contributed by atoms with van der Waals surface area (Å²) in [6.07, 6.45) is 29.3. The van der Waals surface area contributed by atoms with Gasteiger partial charge >= 0.3 is 33.3 Å². The van der Waals surface area contributed by atoms with E-state index in [-0.39, 0.29) is 18.7 Å². The van der Waals surface area contributed by atoms with Crippen molar-refractivity contribution in [1.29, 1.82) is 0 Å². The first-order valence-corrected chi connectivity index (χ1v) is 27.8. The number of ether oxygens (including phenoxy) is 3. The maximum Gasteiger partial charge on any atom is 0.481 e. The topological polar surface area (TPSA) is 286 Å². The van der Waals surface area contributed by atoms with Crippen LogP contribution in [-0.2, 0) is 46.3 Å². The second-order valence-electron chi connectivity index (χ2n) is 17.6. The SMILES string of the molecule is CC/C=C\C/C=C\CC(O)/C=C/C=C\C/C=C\CCCC(=O)O[C@H](COC(=O)CCCCCCCCCCCCCC(C)C)COP(=O)(O)OP(=O)(O)OC[C@H]1O[C@@H](n2ccc(N)nc2=O)[C@H](O)[C@@H]1O. The van der Waals surface area contributed by atoms with E-state index < -0.39 is 89.8 Å². The van der Waals surface area contributed by atoms with Gasteiger partial charge in [-0.2, -0.15) is 9.29 Å². The van der Waals surface area contributed by atoms with Gasteiger partial charge < -0.3 is 45.1 Å². The van der Waals surface area contributed by atoms with E-state index in [1.807, 2.05) is 36.5 Å². The molecule has 0 aromatic carbocycles. The third-order valence-corrected chi connectivity index (χ3v) is 13.5. The number of anilines is 1. The van der Waals surface area contributed by atoms with Crippen LogP contribution in [0.5, 0.6) is 0 Å². The van der Waals surface area contributed by atoms with E-state index in [0.29, 0.717) is 32.1 Å². The van der Waals surface area contributed by atoms with Gasteiger partial charge in [-0.1, -0.05) is 152 Å². The van der Waals surface area contributed by atoms with Crippen molar-refractivity contribution in [2.24, 2.45) is 5.92 Å². The number of phosphoric acid groups is 2. The second-order valence-corrected chi connectivity index (χ2v) is 20.7. The summed E-state index contributed by atoms with van der Waals surface area (Å²) in [5.74, 6) is -0.654. The van der Waals surface area contributed by atoms with Crippen LogP contribution in [0.3, 0.4) is 0 Å². The molecule has 1 aromatic rings. The number of unbranched alkanes of at least 4 members (excludes halogenated alkanes) is 11. The van der Waals surface area contributed by atoms with E-state index >= 15 is 0 Å². The Morgan fingerprint density at radius 1 is 0.800 bits per heavy atom. The molecule has 7 N–H and O–H groups in total. The zero-order valence-electron chi connectivity index (χ0n) is 41.3. The van der Waals surface area contributed by atoms with Gasteiger partial charge in [0.25, 0.3) is 0 Å². The highest BCUT2D eigenvalue weighted by Crippen LogP contribution is 2.60. The smallest absolute Gasteiger partial charge is 0.462 e. The van der Waals surface area contributed by atoms with Crippen molar-refractivity contribution in [3.05, 3.63) is 83.5 Å². The molecule has 0 bridgehead atoms. The molecule has 1 aliphatic rings. The monoisotopic (exact) mass is 1030 g/mol. The molecule has 0 radical (unpaired) electrons. The minimum absolute atomic E-state index is 0.0615. The molecule has 0 spiro atoms. The lowest BCUT2D eigenvalue weighted by Crippen LogP contribution is -2.36. The number of hydrogen-bond donors (Lipinski definition) is 6. The fourth-order valence-corrected chi connectivity index (χ4v) is 9.14. The van der Waals surface area contributed by atoms with Crippen molar-refractivity contribution < 1.29 is 71.4 Å². The van der Waals surface area contributed by atoms with E-state index in [2.05, 4.69) is 42.2 Å². The van der Waals surface area contributed by atoms with Crippen LogP contribution in [0.1, 0.15) is 155 Å². The van der Waals surface area contributed by atoms with E-state index in [4.69, 9.17) is 29.0 Å². The molecular formula is C49H81N3O16P2. The molecule has 1 aromatic heterocycles. The number of hydrogen-bond acceptors (Lipinski definition) is 16. The molecule has 70 heavy (non-hydrogen) atoms. The van der Waals surface area contributed by atoms with Crippen molar-refractivity contribution in [2.75, 3.05) is 25.6 Å². The molecule has 398 valence electrons. The highest BCUT2D eigenvalue weighted by molar-refractivity contribution is 7.61. The summed E-state index contributed by atoms with van der Waals surface area (Å²) >= 11 is 0. The first-order chi connectivity index (χ1) is 33.4. The molecule has 0 aliphatic carbocycles. The molecule has 21 heteroatoms. The Morgan fingerprint density at radius 3 is 2.09 bits per heavy atom. The van der Waals surface area contributed by atoms with Gasteiger partial charge in [-0.05, 0) is 56.9 Å². The number of aromatic nitrogens is 2. The molecule has 1 fully saturated rings. The predicted octanol–water partition coefficient (Wildman–Crippen LogP) is 8.77. The molecular weight excluding hydrogens is 948 g/mol. The van der Waals surface area contributed by atoms with Crippen LogP contribution in [0.4, 0.5) is 5.82 Å². The largest absolute Gasteiger partial charge is 0.481 e. The van der Waals surface area contributed by atoms with E-state index in [0.717, 1.165) is 55.2 Å². The number of allylic oxidation sites excluding steroid dienone is 8. The van der Waals surface area contributed by atoms with Crippen LogP contribution < -0.4 is 11.4 Å². The number of nitrogens with zero attached hydrogens (tertiary/aromatic N) is 2. The van der Waals surface area contributed by atoms with E-state index in [1.165, 1.54) is 51.0 Å². The quantitative estimate of drug-likeness (QED) is 0.0118. The number of rotatable bonds is 39. The lowest BCUT2D eigenvalue weighted by atomic mass is 10.0. The number of aliphatic hydroxyl groups is 3. The van der Waals surface area contributed by atoms with Crippen molar-refractivity contribution >= 4 is 33.4 Å². The molecule has 1 aliphatic heterocycles. The van der Waals surface area contributed by atoms with Gasteiger partial charge in [0.2, 0.25) is 0 Å².